The molecule has 0 amide bonds. The summed E-state index contributed by atoms with van der Waals surface area (Å²) in [5, 5.41) is 22.6. The standard InChI is InChI=1S/C15H15N3O4S/c1-15(13(19)20)6-7-17(9-15)14-16-12(8-23-14)10-2-4-11(5-3-10)18(21)22/h2-5,8H,6-7,9H2,1H3,(H,19,20). The Balaban J connectivity index is 1.79. The Morgan fingerprint density at radius 1 is 1.43 bits per heavy atom. The van der Waals surface area contributed by atoms with Crippen molar-refractivity contribution in [3.63, 3.8) is 0 Å². The summed E-state index contributed by atoms with van der Waals surface area (Å²) in [7, 11) is 0. The van der Waals surface area contributed by atoms with E-state index < -0.39 is 16.3 Å². The average Bonchev–Trinajstić information content (AvgIpc) is 3.15. The molecule has 0 spiro atoms. The molecule has 7 nitrogen and oxygen atoms in total. The number of aliphatic carboxylic acids is 1. The molecule has 8 heteroatoms. The van der Waals surface area contributed by atoms with Gasteiger partial charge in [-0.3, -0.25) is 14.9 Å². The zero-order chi connectivity index (χ0) is 16.6. The van der Waals surface area contributed by atoms with Crippen molar-refractivity contribution in [1.29, 1.82) is 0 Å². The predicted octanol–water partition coefficient (Wildman–Crippen LogP) is 3.02. The third-order valence-electron chi connectivity index (χ3n) is 4.13. The molecule has 0 bridgehead atoms. The second-order valence-electron chi connectivity index (χ2n) is 5.86. The van der Waals surface area contributed by atoms with Crippen LogP contribution < -0.4 is 4.90 Å². The van der Waals surface area contributed by atoms with Crippen molar-refractivity contribution in [1.82, 2.24) is 4.98 Å². The van der Waals surface area contributed by atoms with Crippen molar-refractivity contribution in [3.8, 4) is 11.3 Å². The number of hydrogen-bond acceptors (Lipinski definition) is 6. The molecule has 1 aliphatic heterocycles. The Hall–Kier alpha value is -2.48. The molecule has 0 aliphatic carbocycles. The fourth-order valence-corrected chi connectivity index (χ4v) is 3.46. The summed E-state index contributed by atoms with van der Waals surface area (Å²) in [4.78, 5) is 28.1. The van der Waals surface area contributed by atoms with Gasteiger partial charge in [-0.05, 0) is 25.5 Å². The highest BCUT2D eigenvalue weighted by Crippen LogP contribution is 2.36. The molecule has 2 heterocycles. The SMILES string of the molecule is CC1(C(=O)O)CCN(c2nc(-c3ccc([N+](=O)[O-])cc3)cs2)C1. The van der Waals surface area contributed by atoms with Crippen LogP contribution in [0, 0.1) is 15.5 Å². The van der Waals surface area contributed by atoms with Crippen LogP contribution in [0.1, 0.15) is 13.3 Å². The van der Waals surface area contributed by atoms with E-state index >= 15 is 0 Å². The first-order chi connectivity index (χ1) is 10.9. The summed E-state index contributed by atoms with van der Waals surface area (Å²) in [5.41, 5.74) is 0.849. The molecule has 1 unspecified atom stereocenters. The molecule has 0 saturated carbocycles. The number of aromatic nitrogens is 1. The largest absolute Gasteiger partial charge is 0.481 e. The lowest BCUT2D eigenvalue weighted by molar-refractivity contribution is -0.384. The van der Waals surface area contributed by atoms with E-state index in [2.05, 4.69) is 4.98 Å². The molecule has 23 heavy (non-hydrogen) atoms. The zero-order valence-electron chi connectivity index (χ0n) is 12.4. The molecule has 1 saturated heterocycles. The molecular formula is C15H15N3O4S. The number of carboxylic acid groups (broad SMARTS) is 1. The van der Waals surface area contributed by atoms with Crippen molar-refractivity contribution in [2.45, 2.75) is 13.3 Å². The van der Waals surface area contributed by atoms with E-state index in [4.69, 9.17) is 0 Å². The van der Waals surface area contributed by atoms with E-state index in [-0.39, 0.29) is 5.69 Å². The maximum absolute atomic E-state index is 11.3. The second kappa shape index (κ2) is 5.62. The average molecular weight is 333 g/mol. The first kappa shape index (κ1) is 15.4. The molecule has 1 aromatic carbocycles. The third-order valence-corrected chi connectivity index (χ3v) is 5.03. The number of benzene rings is 1. The Bertz CT molecular complexity index is 758. The Kier molecular flexibility index (Phi) is 3.77. The van der Waals surface area contributed by atoms with Crippen LogP contribution in [-0.2, 0) is 4.79 Å². The van der Waals surface area contributed by atoms with Gasteiger partial charge in [-0.15, -0.1) is 11.3 Å². The van der Waals surface area contributed by atoms with Gasteiger partial charge in [0.2, 0.25) is 0 Å². The fraction of sp³-hybridized carbons (Fsp3) is 0.333. The van der Waals surface area contributed by atoms with Gasteiger partial charge >= 0.3 is 5.97 Å². The molecule has 1 N–H and O–H groups in total. The van der Waals surface area contributed by atoms with Gasteiger partial charge in [0.15, 0.2) is 5.13 Å². The quantitative estimate of drug-likeness (QED) is 0.682. The molecule has 1 fully saturated rings. The number of nitro groups is 1. The van der Waals surface area contributed by atoms with Gasteiger partial charge in [0, 0.05) is 36.2 Å². The Labute approximate surface area is 136 Å². The summed E-state index contributed by atoms with van der Waals surface area (Å²) >= 11 is 1.45. The van der Waals surface area contributed by atoms with E-state index in [1.807, 2.05) is 10.3 Å². The van der Waals surface area contributed by atoms with Gasteiger partial charge in [0.25, 0.3) is 5.69 Å². The second-order valence-corrected chi connectivity index (χ2v) is 6.69. The van der Waals surface area contributed by atoms with E-state index in [0.29, 0.717) is 19.5 Å². The summed E-state index contributed by atoms with van der Waals surface area (Å²) in [6.45, 7) is 2.85. The molecule has 0 radical (unpaired) electrons. The molecule has 2 aromatic rings. The molecule has 1 aliphatic rings. The first-order valence-corrected chi connectivity index (χ1v) is 7.96. The van der Waals surface area contributed by atoms with Crippen LogP contribution in [0.2, 0.25) is 0 Å². The number of hydrogen-bond donors (Lipinski definition) is 1. The number of anilines is 1. The van der Waals surface area contributed by atoms with Gasteiger partial charge in [-0.1, -0.05) is 0 Å². The Morgan fingerprint density at radius 2 is 2.13 bits per heavy atom. The van der Waals surface area contributed by atoms with Gasteiger partial charge in [0.05, 0.1) is 16.0 Å². The fourth-order valence-electron chi connectivity index (χ4n) is 2.59. The van der Waals surface area contributed by atoms with E-state index in [1.165, 1.54) is 23.5 Å². The van der Waals surface area contributed by atoms with Crippen molar-refractivity contribution in [2.24, 2.45) is 5.41 Å². The van der Waals surface area contributed by atoms with Crippen LogP contribution in [0.25, 0.3) is 11.3 Å². The smallest absolute Gasteiger partial charge is 0.311 e. The summed E-state index contributed by atoms with van der Waals surface area (Å²) in [6, 6.07) is 6.24. The monoisotopic (exact) mass is 333 g/mol. The van der Waals surface area contributed by atoms with Gasteiger partial charge in [-0.2, -0.15) is 0 Å². The maximum Gasteiger partial charge on any atom is 0.311 e. The molecule has 1 atom stereocenters. The molecular weight excluding hydrogens is 318 g/mol. The summed E-state index contributed by atoms with van der Waals surface area (Å²) < 4.78 is 0. The lowest BCUT2D eigenvalue weighted by atomic mass is 9.90. The lowest BCUT2D eigenvalue weighted by Crippen LogP contribution is -2.31. The zero-order valence-corrected chi connectivity index (χ0v) is 13.2. The number of rotatable bonds is 4. The van der Waals surface area contributed by atoms with Crippen molar-refractivity contribution in [2.75, 3.05) is 18.0 Å². The number of nitro benzene ring substituents is 1. The highest BCUT2D eigenvalue weighted by Gasteiger charge is 2.41. The number of non-ortho nitro benzene ring substituents is 1. The topological polar surface area (TPSA) is 96.6 Å². The predicted molar refractivity (Wildman–Crippen MR) is 86.8 cm³/mol. The molecule has 120 valence electrons. The van der Waals surface area contributed by atoms with Gasteiger partial charge < -0.3 is 10.0 Å². The maximum atomic E-state index is 11.3. The number of carbonyl (C=O) groups is 1. The molecule has 1 aromatic heterocycles. The van der Waals surface area contributed by atoms with Crippen molar-refractivity contribution < 1.29 is 14.8 Å². The lowest BCUT2D eigenvalue weighted by Gasteiger charge is -2.19. The Morgan fingerprint density at radius 3 is 2.70 bits per heavy atom. The van der Waals surface area contributed by atoms with Crippen LogP contribution in [-0.4, -0.2) is 34.1 Å². The van der Waals surface area contributed by atoms with Gasteiger partial charge in [-0.25, -0.2) is 4.98 Å². The number of nitrogens with zero attached hydrogens (tertiary/aromatic N) is 3. The van der Waals surface area contributed by atoms with Crippen molar-refractivity contribution >= 4 is 28.1 Å². The van der Waals surface area contributed by atoms with Crippen LogP contribution in [0.4, 0.5) is 10.8 Å². The minimum absolute atomic E-state index is 0.0426. The van der Waals surface area contributed by atoms with Gasteiger partial charge in [0.1, 0.15) is 0 Å². The summed E-state index contributed by atoms with van der Waals surface area (Å²) in [6.07, 6.45) is 0.592. The first-order valence-electron chi connectivity index (χ1n) is 7.08. The number of carboxylic acids is 1. The normalized spacial score (nSPS) is 20.7. The van der Waals surface area contributed by atoms with Crippen LogP contribution >= 0.6 is 11.3 Å². The van der Waals surface area contributed by atoms with E-state index in [9.17, 15) is 20.0 Å². The van der Waals surface area contributed by atoms with E-state index in [0.717, 1.165) is 16.4 Å². The number of thiazole rings is 1. The van der Waals surface area contributed by atoms with E-state index in [1.54, 1.807) is 19.1 Å². The minimum Gasteiger partial charge on any atom is -0.481 e. The minimum atomic E-state index is -0.785. The molecule has 3 rings (SSSR count). The van der Waals surface area contributed by atoms with Crippen LogP contribution in [0.5, 0.6) is 0 Å². The van der Waals surface area contributed by atoms with Crippen LogP contribution in [0.15, 0.2) is 29.6 Å². The third kappa shape index (κ3) is 2.89. The van der Waals surface area contributed by atoms with Crippen molar-refractivity contribution in [3.05, 3.63) is 39.8 Å². The highest BCUT2D eigenvalue weighted by molar-refractivity contribution is 7.14. The highest BCUT2D eigenvalue weighted by atomic mass is 32.1. The summed E-state index contributed by atoms with van der Waals surface area (Å²) in [5.74, 6) is -0.785. The van der Waals surface area contributed by atoms with Crippen LogP contribution in [0.3, 0.4) is 0 Å².